The van der Waals surface area contributed by atoms with Crippen LogP contribution in [-0.4, -0.2) is 74.5 Å². The van der Waals surface area contributed by atoms with E-state index in [0.717, 1.165) is 0 Å². The Balaban J connectivity index is 1.43. The number of likely N-dealkylation sites (N-methyl/N-ethyl adjacent to an activating group) is 1. The lowest BCUT2D eigenvalue weighted by atomic mass is 10.1. The van der Waals surface area contributed by atoms with E-state index in [0.29, 0.717) is 24.3 Å². The summed E-state index contributed by atoms with van der Waals surface area (Å²) in [6.07, 6.45) is 3.74. The molecule has 2 atom stereocenters. The van der Waals surface area contributed by atoms with Crippen LogP contribution in [0.15, 0.2) is 24.7 Å². The van der Waals surface area contributed by atoms with Crippen molar-refractivity contribution in [2.75, 3.05) is 25.5 Å². The summed E-state index contributed by atoms with van der Waals surface area (Å²) < 4.78 is 1.69. The number of fused-ring (bicyclic) bond motifs is 2. The number of piperazine rings is 1. The van der Waals surface area contributed by atoms with Gasteiger partial charge in [-0.2, -0.15) is 0 Å². The molecule has 0 bridgehead atoms. The number of aromatic nitrogens is 3. The van der Waals surface area contributed by atoms with Crippen LogP contribution < -0.4 is 10.6 Å². The number of nitrogens with one attached hydrogen (secondary N) is 2. The Morgan fingerprint density at radius 1 is 1.36 bits per heavy atom. The van der Waals surface area contributed by atoms with Crippen molar-refractivity contribution in [3.05, 3.63) is 24.7 Å². The second-order valence-corrected chi connectivity index (χ2v) is 6.27. The lowest BCUT2D eigenvalue weighted by Crippen LogP contribution is -2.55. The minimum absolute atomic E-state index is 0.0856. The van der Waals surface area contributed by atoms with Gasteiger partial charge in [-0.1, -0.05) is 0 Å². The predicted molar refractivity (Wildman–Crippen MR) is 86.7 cm³/mol. The maximum absolute atomic E-state index is 12.3. The largest absolute Gasteiger partial charge is 0.335 e. The van der Waals surface area contributed by atoms with Crippen LogP contribution in [0.1, 0.15) is 6.42 Å². The molecule has 2 aliphatic heterocycles. The highest BCUT2D eigenvalue weighted by atomic mass is 16.2. The fourth-order valence-electron chi connectivity index (χ4n) is 3.37. The van der Waals surface area contributed by atoms with Crippen molar-refractivity contribution in [1.29, 1.82) is 0 Å². The molecule has 4 amide bonds. The van der Waals surface area contributed by atoms with Crippen LogP contribution in [0.4, 0.5) is 10.5 Å². The van der Waals surface area contributed by atoms with Gasteiger partial charge < -0.3 is 20.4 Å². The number of hydrogen-bond acceptors (Lipinski definition) is 5. The van der Waals surface area contributed by atoms with E-state index >= 15 is 0 Å². The molecule has 10 nitrogen and oxygen atoms in total. The van der Waals surface area contributed by atoms with Crippen molar-refractivity contribution in [3.63, 3.8) is 0 Å². The van der Waals surface area contributed by atoms with Crippen LogP contribution in [0, 0.1) is 0 Å². The smallest absolute Gasteiger partial charge is 0.319 e. The summed E-state index contributed by atoms with van der Waals surface area (Å²) >= 11 is 0. The number of hydrogen-bond donors (Lipinski definition) is 2. The first-order chi connectivity index (χ1) is 12.0. The highest BCUT2D eigenvalue weighted by Gasteiger charge is 2.44. The molecule has 2 N–H and O–H groups in total. The van der Waals surface area contributed by atoms with Crippen LogP contribution in [0.2, 0.25) is 0 Å². The Morgan fingerprint density at radius 3 is 3.04 bits per heavy atom. The number of amides is 4. The Kier molecular flexibility index (Phi) is 3.52. The second kappa shape index (κ2) is 5.72. The van der Waals surface area contributed by atoms with Gasteiger partial charge in [0, 0.05) is 19.8 Å². The lowest BCUT2D eigenvalue weighted by molar-refractivity contribution is -0.152. The molecule has 2 aromatic heterocycles. The van der Waals surface area contributed by atoms with Crippen LogP contribution in [0.3, 0.4) is 0 Å². The summed E-state index contributed by atoms with van der Waals surface area (Å²) in [6.45, 7) is 0.425. The minimum atomic E-state index is -0.489. The number of carbonyl (C=O) groups is 3. The first-order valence-electron chi connectivity index (χ1n) is 7.93. The average molecular weight is 343 g/mol. The van der Waals surface area contributed by atoms with E-state index in [1.54, 1.807) is 41.0 Å². The van der Waals surface area contributed by atoms with Crippen LogP contribution >= 0.6 is 0 Å². The molecule has 10 heteroatoms. The number of carbonyl (C=O) groups excluding carboxylic acids is 3. The third-order valence-corrected chi connectivity index (χ3v) is 4.56. The maximum atomic E-state index is 12.3. The maximum Gasteiger partial charge on any atom is 0.319 e. The molecular formula is C15H17N7O3. The SMILES string of the molecule is CN1CC(=O)N2C[C@H](NC(=O)Nc3cccn4cnnc34)C[C@H]2C1=O. The zero-order valence-electron chi connectivity index (χ0n) is 13.5. The van der Waals surface area contributed by atoms with Gasteiger partial charge in [0.2, 0.25) is 11.8 Å². The zero-order valence-corrected chi connectivity index (χ0v) is 13.5. The molecule has 2 aliphatic rings. The van der Waals surface area contributed by atoms with Gasteiger partial charge in [-0.15, -0.1) is 10.2 Å². The van der Waals surface area contributed by atoms with Crippen LogP contribution in [0.5, 0.6) is 0 Å². The van der Waals surface area contributed by atoms with Crippen molar-refractivity contribution in [1.82, 2.24) is 29.7 Å². The molecule has 2 fully saturated rings. The Labute approximate surface area is 142 Å². The summed E-state index contributed by atoms with van der Waals surface area (Å²) in [5, 5.41) is 13.3. The van der Waals surface area contributed by atoms with Crippen molar-refractivity contribution < 1.29 is 14.4 Å². The van der Waals surface area contributed by atoms with Gasteiger partial charge in [0.15, 0.2) is 5.65 Å². The molecule has 4 rings (SSSR count). The Morgan fingerprint density at radius 2 is 2.20 bits per heavy atom. The third-order valence-electron chi connectivity index (χ3n) is 4.56. The predicted octanol–water partition coefficient (Wildman–Crippen LogP) is -0.708. The number of nitrogens with zero attached hydrogens (tertiary/aromatic N) is 5. The van der Waals surface area contributed by atoms with Gasteiger partial charge in [0.05, 0.1) is 18.3 Å². The van der Waals surface area contributed by atoms with Gasteiger partial charge >= 0.3 is 6.03 Å². The van der Waals surface area contributed by atoms with Crippen molar-refractivity contribution >= 4 is 29.2 Å². The van der Waals surface area contributed by atoms with Gasteiger partial charge in [-0.3, -0.25) is 14.0 Å². The number of rotatable bonds is 2. The monoisotopic (exact) mass is 343 g/mol. The van der Waals surface area contributed by atoms with Crippen molar-refractivity contribution in [2.24, 2.45) is 0 Å². The molecule has 0 unspecified atom stereocenters. The lowest BCUT2D eigenvalue weighted by Gasteiger charge is -2.33. The summed E-state index contributed by atoms with van der Waals surface area (Å²) in [4.78, 5) is 39.5. The number of pyridine rings is 1. The Bertz CT molecular complexity index is 864. The molecule has 4 heterocycles. The molecule has 0 aromatic carbocycles. The Hall–Kier alpha value is -3.17. The fourth-order valence-corrected chi connectivity index (χ4v) is 3.37. The van der Waals surface area contributed by atoms with E-state index in [9.17, 15) is 14.4 Å². The first kappa shape index (κ1) is 15.4. The highest BCUT2D eigenvalue weighted by molar-refractivity contribution is 5.96. The van der Waals surface area contributed by atoms with E-state index in [4.69, 9.17) is 0 Å². The van der Waals surface area contributed by atoms with E-state index in [-0.39, 0.29) is 24.4 Å². The second-order valence-electron chi connectivity index (χ2n) is 6.27. The molecule has 130 valence electrons. The topological polar surface area (TPSA) is 112 Å². The number of anilines is 1. The molecular weight excluding hydrogens is 326 g/mol. The quantitative estimate of drug-likeness (QED) is 0.748. The standard InChI is InChI=1S/C15H17N7O3/c1-20-7-12(23)22-6-9(5-11(22)14(20)24)17-15(25)18-10-3-2-4-21-8-16-19-13(10)21/h2-4,8-9,11H,5-7H2,1H3,(H2,17,18,25)/t9-,11+/m1/s1. The van der Waals surface area contributed by atoms with E-state index < -0.39 is 12.1 Å². The average Bonchev–Trinajstić information content (AvgIpc) is 3.20. The minimum Gasteiger partial charge on any atom is -0.335 e. The highest BCUT2D eigenvalue weighted by Crippen LogP contribution is 2.23. The fraction of sp³-hybridized carbons (Fsp3) is 0.400. The molecule has 2 aromatic rings. The molecule has 0 spiro atoms. The summed E-state index contributed by atoms with van der Waals surface area (Å²) in [5.41, 5.74) is 1.06. The van der Waals surface area contributed by atoms with E-state index in [2.05, 4.69) is 20.8 Å². The van der Waals surface area contributed by atoms with Crippen LogP contribution in [0.25, 0.3) is 5.65 Å². The van der Waals surface area contributed by atoms with Gasteiger partial charge in [0.1, 0.15) is 12.4 Å². The summed E-state index contributed by atoms with van der Waals surface area (Å²) in [5.74, 6) is -0.178. The van der Waals surface area contributed by atoms with Crippen molar-refractivity contribution in [2.45, 2.75) is 18.5 Å². The molecule has 0 saturated carbocycles. The molecule has 25 heavy (non-hydrogen) atoms. The van der Waals surface area contributed by atoms with E-state index in [1.807, 2.05) is 0 Å². The van der Waals surface area contributed by atoms with Gasteiger partial charge in [-0.05, 0) is 18.6 Å². The molecule has 0 radical (unpaired) electrons. The third kappa shape index (κ3) is 2.65. The summed E-state index contributed by atoms with van der Waals surface area (Å²) in [7, 11) is 1.62. The molecule has 2 saturated heterocycles. The van der Waals surface area contributed by atoms with Crippen molar-refractivity contribution in [3.8, 4) is 0 Å². The normalized spacial score (nSPS) is 23.1. The van der Waals surface area contributed by atoms with Gasteiger partial charge in [-0.25, -0.2) is 4.79 Å². The number of urea groups is 1. The van der Waals surface area contributed by atoms with Gasteiger partial charge in [0.25, 0.3) is 0 Å². The van der Waals surface area contributed by atoms with Crippen LogP contribution in [-0.2, 0) is 9.59 Å². The zero-order chi connectivity index (χ0) is 17.6. The first-order valence-corrected chi connectivity index (χ1v) is 7.93. The summed E-state index contributed by atoms with van der Waals surface area (Å²) in [6, 6.07) is 2.33. The van der Waals surface area contributed by atoms with E-state index in [1.165, 1.54) is 4.90 Å². The molecule has 0 aliphatic carbocycles.